The zero-order valence-electron chi connectivity index (χ0n) is 11.1. The van der Waals surface area contributed by atoms with Gasteiger partial charge in [-0.05, 0) is 25.5 Å². The van der Waals surface area contributed by atoms with Crippen LogP contribution in [0.5, 0.6) is 11.5 Å². The molecule has 2 N–H and O–H groups in total. The van der Waals surface area contributed by atoms with Crippen LogP contribution in [0.2, 0.25) is 0 Å². The molecule has 1 rings (SSSR count). The first-order valence-corrected chi connectivity index (χ1v) is 6.35. The molecule has 0 fully saturated rings. The smallest absolute Gasteiger partial charge is 0.123 e. The van der Waals surface area contributed by atoms with Crippen LogP contribution in [0.15, 0.2) is 24.3 Å². The summed E-state index contributed by atoms with van der Waals surface area (Å²) < 4.78 is 23.7. The molecule has 0 radical (unpaired) electrons. The van der Waals surface area contributed by atoms with Crippen molar-refractivity contribution >= 4 is 0 Å². The Morgan fingerprint density at radius 3 is 2.67 bits per heavy atom. The van der Waals surface area contributed by atoms with Crippen LogP contribution in [0.25, 0.3) is 0 Å². The van der Waals surface area contributed by atoms with E-state index in [1.807, 2.05) is 32.0 Å². The number of rotatable bonds is 8. The van der Waals surface area contributed by atoms with Crippen LogP contribution in [-0.2, 0) is 0 Å². The van der Waals surface area contributed by atoms with Crippen LogP contribution in [0.3, 0.4) is 0 Å². The maximum Gasteiger partial charge on any atom is 0.123 e. The van der Waals surface area contributed by atoms with Crippen molar-refractivity contribution in [3.05, 3.63) is 24.3 Å². The van der Waals surface area contributed by atoms with E-state index in [2.05, 4.69) is 0 Å². The van der Waals surface area contributed by atoms with E-state index in [1.54, 1.807) is 6.07 Å². The lowest BCUT2D eigenvalue weighted by Crippen LogP contribution is -2.22. The fourth-order valence-electron chi connectivity index (χ4n) is 1.40. The summed E-state index contributed by atoms with van der Waals surface area (Å²) in [5, 5.41) is 0. The summed E-state index contributed by atoms with van der Waals surface area (Å²) in [5.74, 6) is 1.37. The van der Waals surface area contributed by atoms with E-state index in [-0.39, 0.29) is 18.7 Å². The number of hydrogen-bond acceptors (Lipinski definition) is 3. The van der Waals surface area contributed by atoms with Crippen LogP contribution in [-0.4, -0.2) is 25.9 Å². The molecule has 0 aliphatic rings. The van der Waals surface area contributed by atoms with Gasteiger partial charge < -0.3 is 15.2 Å². The summed E-state index contributed by atoms with van der Waals surface area (Å²) in [5.41, 5.74) is 5.49. The first kappa shape index (κ1) is 14.8. The second-order valence-corrected chi connectivity index (χ2v) is 4.38. The summed E-state index contributed by atoms with van der Waals surface area (Å²) >= 11 is 0. The molecule has 102 valence electrons. The topological polar surface area (TPSA) is 44.5 Å². The zero-order valence-corrected chi connectivity index (χ0v) is 11.1. The second kappa shape index (κ2) is 7.93. The van der Waals surface area contributed by atoms with Crippen LogP contribution >= 0.6 is 0 Å². The average Bonchev–Trinajstić information content (AvgIpc) is 2.40. The van der Waals surface area contributed by atoms with Crippen molar-refractivity contribution in [3.8, 4) is 11.5 Å². The summed E-state index contributed by atoms with van der Waals surface area (Å²) in [7, 11) is 0. The standard InChI is InChI=1S/C14H22FNO2/c1-3-12(8-15)10-17-13-5-4-6-14(7-13)18-11(2)9-16/h4-7,11-12H,3,8-10,16H2,1-2H3/t11-,12?/m0/s1. The maximum absolute atomic E-state index is 12.5. The Kier molecular flexibility index (Phi) is 6.50. The minimum Gasteiger partial charge on any atom is -0.493 e. The lowest BCUT2D eigenvalue weighted by atomic mass is 10.1. The Labute approximate surface area is 108 Å². The summed E-state index contributed by atoms with van der Waals surface area (Å²) in [6.07, 6.45) is 0.742. The molecule has 0 amide bonds. The largest absolute Gasteiger partial charge is 0.493 e. The lowest BCUT2D eigenvalue weighted by molar-refractivity contribution is 0.207. The highest BCUT2D eigenvalue weighted by atomic mass is 19.1. The number of nitrogens with two attached hydrogens (primary N) is 1. The third kappa shape index (κ3) is 4.92. The van der Waals surface area contributed by atoms with Crippen molar-refractivity contribution < 1.29 is 13.9 Å². The maximum atomic E-state index is 12.5. The van der Waals surface area contributed by atoms with E-state index in [1.165, 1.54) is 0 Å². The van der Waals surface area contributed by atoms with E-state index < -0.39 is 0 Å². The molecule has 0 bridgehead atoms. The van der Waals surface area contributed by atoms with Gasteiger partial charge in [-0.25, -0.2) is 0 Å². The predicted octanol–water partition coefficient (Wildman–Crippen LogP) is 2.79. The van der Waals surface area contributed by atoms with Crippen molar-refractivity contribution in [1.29, 1.82) is 0 Å². The van der Waals surface area contributed by atoms with Gasteiger partial charge >= 0.3 is 0 Å². The number of halogens is 1. The lowest BCUT2D eigenvalue weighted by Gasteiger charge is -2.15. The zero-order chi connectivity index (χ0) is 13.4. The molecule has 1 aromatic rings. The van der Waals surface area contributed by atoms with E-state index in [4.69, 9.17) is 15.2 Å². The van der Waals surface area contributed by atoms with Crippen molar-refractivity contribution in [1.82, 2.24) is 0 Å². The molecule has 0 heterocycles. The van der Waals surface area contributed by atoms with Gasteiger partial charge in [0.2, 0.25) is 0 Å². The molecule has 1 unspecified atom stereocenters. The van der Waals surface area contributed by atoms with Crippen molar-refractivity contribution in [2.45, 2.75) is 26.4 Å². The number of benzene rings is 1. The van der Waals surface area contributed by atoms with Gasteiger partial charge in [0.15, 0.2) is 0 Å². The Morgan fingerprint density at radius 2 is 2.06 bits per heavy atom. The van der Waals surface area contributed by atoms with Crippen LogP contribution < -0.4 is 15.2 Å². The van der Waals surface area contributed by atoms with Gasteiger partial charge in [-0.15, -0.1) is 0 Å². The molecule has 0 saturated carbocycles. The molecule has 3 nitrogen and oxygen atoms in total. The van der Waals surface area contributed by atoms with E-state index >= 15 is 0 Å². The van der Waals surface area contributed by atoms with Crippen LogP contribution in [0.4, 0.5) is 4.39 Å². The molecular formula is C14H22FNO2. The summed E-state index contributed by atoms with van der Waals surface area (Å²) in [6, 6.07) is 7.35. The number of hydrogen-bond donors (Lipinski definition) is 1. The van der Waals surface area contributed by atoms with Gasteiger partial charge in [-0.1, -0.05) is 13.0 Å². The molecule has 0 aliphatic heterocycles. The van der Waals surface area contributed by atoms with Gasteiger partial charge in [-0.3, -0.25) is 4.39 Å². The molecule has 0 spiro atoms. The molecule has 18 heavy (non-hydrogen) atoms. The van der Waals surface area contributed by atoms with Gasteiger partial charge in [0.25, 0.3) is 0 Å². The molecule has 2 atom stereocenters. The SMILES string of the molecule is CCC(CF)COc1cccc(O[C@@H](C)CN)c1. The highest BCUT2D eigenvalue weighted by molar-refractivity contribution is 5.33. The van der Waals surface area contributed by atoms with Crippen LogP contribution in [0, 0.1) is 5.92 Å². The van der Waals surface area contributed by atoms with Gasteiger partial charge in [-0.2, -0.15) is 0 Å². The highest BCUT2D eigenvalue weighted by Gasteiger charge is 2.07. The molecular weight excluding hydrogens is 233 g/mol. The highest BCUT2D eigenvalue weighted by Crippen LogP contribution is 2.21. The Hall–Kier alpha value is -1.29. The number of alkyl halides is 1. The first-order chi connectivity index (χ1) is 8.69. The molecule has 0 aromatic heterocycles. The van der Waals surface area contributed by atoms with Crippen molar-refractivity contribution in [2.75, 3.05) is 19.8 Å². The van der Waals surface area contributed by atoms with Gasteiger partial charge in [0.1, 0.15) is 17.6 Å². The predicted molar refractivity (Wildman–Crippen MR) is 70.8 cm³/mol. The van der Waals surface area contributed by atoms with Crippen LogP contribution in [0.1, 0.15) is 20.3 Å². The van der Waals surface area contributed by atoms with Crippen molar-refractivity contribution in [3.63, 3.8) is 0 Å². The summed E-state index contributed by atoms with van der Waals surface area (Å²) in [4.78, 5) is 0. The number of ether oxygens (including phenoxy) is 2. The van der Waals surface area contributed by atoms with Gasteiger partial charge in [0.05, 0.1) is 13.3 Å². The molecule has 0 aliphatic carbocycles. The molecule has 4 heteroatoms. The fraction of sp³-hybridized carbons (Fsp3) is 0.571. The van der Waals surface area contributed by atoms with Gasteiger partial charge in [0, 0.05) is 18.5 Å². The minimum absolute atomic E-state index is 0.0329. The summed E-state index contributed by atoms with van der Waals surface area (Å²) in [6.45, 7) is 4.37. The monoisotopic (exact) mass is 255 g/mol. The Balaban J connectivity index is 2.53. The Morgan fingerprint density at radius 1 is 1.33 bits per heavy atom. The van der Waals surface area contributed by atoms with Crippen molar-refractivity contribution in [2.24, 2.45) is 11.7 Å². The quantitative estimate of drug-likeness (QED) is 0.777. The third-order valence-electron chi connectivity index (χ3n) is 2.76. The minimum atomic E-state index is -0.350. The Bertz CT molecular complexity index is 342. The molecule has 1 aromatic carbocycles. The fourth-order valence-corrected chi connectivity index (χ4v) is 1.40. The first-order valence-electron chi connectivity index (χ1n) is 6.35. The normalized spacial score (nSPS) is 14.0. The van der Waals surface area contributed by atoms with E-state index in [9.17, 15) is 4.39 Å². The molecule has 0 saturated heterocycles. The third-order valence-corrected chi connectivity index (χ3v) is 2.76. The van der Waals surface area contributed by atoms with E-state index in [0.717, 1.165) is 12.2 Å². The van der Waals surface area contributed by atoms with E-state index in [0.29, 0.717) is 18.9 Å². The average molecular weight is 255 g/mol. The second-order valence-electron chi connectivity index (χ2n) is 4.38.